The van der Waals surface area contributed by atoms with Crippen molar-refractivity contribution in [3.63, 3.8) is 0 Å². The number of hydrogen-bond donors (Lipinski definition) is 0. The molecule has 1 aromatic carbocycles. The summed E-state index contributed by atoms with van der Waals surface area (Å²) in [4.78, 5) is 0. The standard InChI is InChI=1S/C19H28.C8H16.C8H18.C7H8.C4H8.2C2H6/c1-6-8-15(2)9-7-10-18(5)19-13-16(3)11-12-17(4)14-19;1-7-4-5-8(2,3)6-7;1-7(2,3)8(4,5)6;1-7-5-3-2-4-6-7;1-4(2)3;2*1-2/h7-9,11,13-14,18H,6,10,12H2,1-5H3;7H,4-6H2,1-3H3;1-6H3;2-6H,1H3;1H2,2-3H3;2*1-2H3/b9-7-,15-8-;;;;;;. The summed E-state index contributed by atoms with van der Waals surface area (Å²) in [5.74, 6) is 1.58. The summed E-state index contributed by atoms with van der Waals surface area (Å²) in [5, 5.41) is 0. The van der Waals surface area contributed by atoms with Crippen LogP contribution in [0.2, 0.25) is 0 Å². The summed E-state index contributed by atoms with van der Waals surface area (Å²) in [6.45, 7) is 49.4. The molecule has 50 heavy (non-hydrogen) atoms. The van der Waals surface area contributed by atoms with Crippen molar-refractivity contribution in [2.75, 3.05) is 0 Å². The summed E-state index contributed by atoms with van der Waals surface area (Å²) in [5.41, 5.74) is 9.71. The van der Waals surface area contributed by atoms with E-state index in [1.165, 1.54) is 52.7 Å². The van der Waals surface area contributed by atoms with Crippen LogP contribution in [0.4, 0.5) is 0 Å². The third-order valence-electron chi connectivity index (χ3n) is 8.92. The first-order valence-corrected chi connectivity index (χ1v) is 20.0. The molecule has 0 saturated heterocycles. The van der Waals surface area contributed by atoms with Crippen molar-refractivity contribution >= 4 is 0 Å². The Bertz CT molecular complexity index is 1100. The zero-order valence-corrected chi connectivity index (χ0v) is 38.0. The molecule has 3 rings (SSSR count). The Hall–Kier alpha value is -2.34. The van der Waals surface area contributed by atoms with E-state index < -0.39 is 0 Å². The maximum Gasteiger partial charge on any atom is -0.0133 e. The predicted octanol–water partition coefficient (Wildman–Crippen LogP) is 17.7. The van der Waals surface area contributed by atoms with Crippen LogP contribution >= 0.6 is 0 Å². The topological polar surface area (TPSA) is 0 Å². The van der Waals surface area contributed by atoms with E-state index in [2.05, 4.69) is 159 Å². The maximum absolute atomic E-state index is 3.56. The fourth-order valence-electron chi connectivity index (χ4n) is 4.62. The molecule has 1 fully saturated rings. The molecule has 2 atom stereocenters. The van der Waals surface area contributed by atoms with Gasteiger partial charge < -0.3 is 0 Å². The number of aryl methyl sites for hydroxylation is 1. The van der Waals surface area contributed by atoms with Gasteiger partial charge in [0.2, 0.25) is 0 Å². The number of hydrogen-bond acceptors (Lipinski definition) is 0. The molecule has 0 spiro atoms. The van der Waals surface area contributed by atoms with Crippen LogP contribution < -0.4 is 0 Å². The Kier molecular flexibility index (Phi) is 33.0. The monoisotopic (exact) mass is 691 g/mol. The molecule has 2 unspecified atom stereocenters. The summed E-state index contributed by atoms with van der Waals surface area (Å²) in [6, 6.07) is 10.3. The largest absolute Gasteiger partial charge is 0.100 e. The smallest absolute Gasteiger partial charge is 0.0133 e. The first-order valence-electron chi connectivity index (χ1n) is 20.0. The lowest BCUT2D eigenvalue weighted by molar-refractivity contribution is 0.157. The van der Waals surface area contributed by atoms with E-state index in [0.29, 0.717) is 22.2 Å². The van der Waals surface area contributed by atoms with E-state index in [4.69, 9.17) is 0 Å². The Morgan fingerprint density at radius 2 is 1.36 bits per heavy atom. The molecule has 0 aliphatic heterocycles. The van der Waals surface area contributed by atoms with E-state index in [0.717, 1.165) is 25.2 Å². The van der Waals surface area contributed by atoms with Gasteiger partial charge in [0.1, 0.15) is 0 Å². The van der Waals surface area contributed by atoms with Crippen LogP contribution in [0.3, 0.4) is 0 Å². The highest BCUT2D eigenvalue weighted by atomic mass is 14.3. The van der Waals surface area contributed by atoms with Crippen molar-refractivity contribution in [3.05, 3.63) is 107 Å². The van der Waals surface area contributed by atoms with Gasteiger partial charge in [-0.25, -0.2) is 0 Å². The van der Waals surface area contributed by atoms with Crippen molar-refractivity contribution in [2.45, 2.75) is 184 Å². The Morgan fingerprint density at radius 1 is 0.880 bits per heavy atom. The molecule has 0 radical (unpaired) electrons. The molecule has 0 heteroatoms. The van der Waals surface area contributed by atoms with Crippen molar-refractivity contribution < 1.29 is 0 Å². The highest BCUT2D eigenvalue weighted by Gasteiger charge is 2.28. The van der Waals surface area contributed by atoms with Crippen LogP contribution in [0.25, 0.3) is 0 Å². The molecule has 0 nitrogen and oxygen atoms in total. The van der Waals surface area contributed by atoms with Crippen molar-refractivity contribution in [1.82, 2.24) is 0 Å². The fourth-order valence-corrected chi connectivity index (χ4v) is 4.62. The average Bonchev–Trinajstić information content (AvgIpc) is 3.22. The first kappa shape index (κ1) is 54.4. The average molecular weight is 691 g/mol. The second kappa shape index (κ2) is 30.3. The van der Waals surface area contributed by atoms with Gasteiger partial charge in [0.15, 0.2) is 0 Å². The van der Waals surface area contributed by atoms with Gasteiger partial charge in [0.25, 0.3) is 0 Å². The Balaban J connectivity index is -0.000000285. The van der Waals surface area contributed by atoms with E-state index in [9.17, 15) is 0 Å². The maximum atomic E-state index is 3.56. The molecule has 290 valence electrons. The van der Waals surface area contributed by atoms with Gasteiger partial charge in [-0.1, -0.05) is 205 Å². The van der Waals surface area contributed by atoms with Crippen molar-refractivity contribution in [1.29, 1.82) is 0 Å². The van der Waals surface area contributed by atoms with Crippen molar-refractivity contribution in [3.8, 4) is 0 Å². The minimum Gasteiger partial charge on any atom is -0.100 e. The van der Waals surface area contributed by atoms with Gasteiger partial charge in [-0.15, -0.1) is 6.58 Å². The van der Waals surface area contributed by atoms with Gasteiger partial charge in [-0.05, 0) is 107 Å². The molecular weight excluding hydrogens is 601 g/mol. The number of rotatable bonds is 5. The second-order valence-electron chi connectivity index (χ2n) is 17.1. The highest BCUT2D eigenvalue weighted by molar-refractivity contribution is 5.37. The van der Waals surface area contributed by atoms with E-state index in [-0.39, 0.29) is 0 Å². The molecule has 2 aliphatic carbocycles. The third kappa shape index (κ3) is 34.1. The normalized spacial score (nSPS) is 17.1. The highest BCUT2D eigenvalue weighted by Crippen LogP contribution is 2.40. The number of benzene rings is 1. The third-order valence-corrected chi connectivity index (χ3v) is 8.92. The summed E-state index contributed by atoms with van der Waals surface area (Å²) < 4.78 is 0. The van der Waals surface area contributed by atoms with Gasteiger partial charge in [-0.3, -0.25) is 0 Å². The molecule has 0 bridgehead atoms. The zero-order valence-electron chi connectivity index (χ0n) is 38.0. The molecule has 1 aromatic rings. The van der Waals surface area contributed by atoms with Gasteiger partial charge >= 0.3 is 0 Å². The molecule has 0 aromatic heterocycles. The Labute approximate surface area is 317 Å². The minimum atomic E-state index is 0.437. The molecule has 0 amide bonds. The lowest BCUT2D eigenvalue weighted by Crippen LogP contribution is -2.25. The van der Waals surface area contributed by atoms with Crippen molar-refractivity contribution in [2.24, 2.45) is 28.1 Å². The molecule has 2 aliphatic rings. The van der Waals surface area contributed by atoms with Crippen LogP contribution in [-0.2, 0) is 0 Å². The summed E-state index contributed by atoms with van der Waals surface area (Å²) in [7, 11) is 0. The lowest BCUT2D eigenvalue weighted by Gasteiger charge is -2.34. The summed E-state index contributed by atoms with van der Waals surface area (Å²) in [6.07, 6.45) is 21.5. The predicted molar refractivity (Wildman–Crippen MR) is 237 cm³/mol. The van der Waals surface area contributed by atoms with Crippen LogP contribution in [0.1, 0.15) is 183 Å². The van der Waals surface area contributed by atoms with Crippen LogP contribution in [-0.4, -0.2) is 0 Å². The van der Waals surface area contributed by atoms with Crippen LogP contribution in [0.15, 0.2) is 101 Å². The molecular formula is C50H90. The van der Waals surface area contributed by atoms with E-state index in [1.807, 2.05) is 59.7 Å². The SMILES string of the molecule is C=C(C)C.CC.CC.CC(C)(C)C(C)(C)C.CC/C=C(C)\C=C/CC(C)C1=CC(C)=CCC(C)=C1.CC1CCC(C)(C)C1.Cc1ccccc1. The molecule has 1 saturated carbocycles. The van der Waals surface area contributed by atoms with Crippen LogP contribution in [0.5, 0.6) is 0 Å². The second-order valence-corrected chi connectivity index (χ2v) is 17.1. The zero-order chi connectivity index (χ0) is 40.1. The number of allylic oxidation sites excluding steroid dienone is 11. The van der Waals surface area contributed by atoms with Gasteiger partial charge in [-0.2, -0.15) is 0 Å². The fraction of sp³-hybridized carbons (Fsp3) is 0.640. The minimum absolute atomic E-state index is 0.437. The molecule has 0 heterocycles. The quantitative estimate of drug-likeness (QED) is 0.213. The van der Waals surface area contributed by atoms with Gasteiger partial charge in [0.05, 0.1) is 0 Å². The van der Waals surface area contributed by atoms with E-state index in [1.54, 1.807) is 0 Å². The van der Waals surface area contributed by atoms with E-state index >= 15 is 0 Å². The van der Waals surface area contributed by atoms with Crippen LogP contribution in [0, 0.1) is 35.0 Å². The lowest BCUT2D eigenvalue weighted by atomic mass is 9.71. The van der Waals surface area contributed by atoms with Gasteiger partial charge in [0, 0.05) is 0 Å². The molecule has 0 N–H and O–H groups in total. The Morgan fingerprint density at radius 3 is 1.68 bits per heavy atom. The first-order chi connectivity index (χ1) is 23.0. The summed E-state index contributed by atoms with van der Waals surface area (Å²) >= 11 is 0.